The number of likely N-dealkylation sites (N-methyl/N-ethyl adjacent to an activating group) is 1. The Bertz CT molecular complexity index is 584. The normalized spacial score (nSPS) is 10.5. The van der Waals surface area contributed by atoms with Crippen LogP contribution in [0.25, 0.3) is 0 Å². The lowest BCUT2D eigenvalue weighted by molar-refractivity contribution is -0.129. The Morgan fingerprint density at radius 3 is 2.79 bits per heavy atom. The molecule has 0 aliphatic heterocycles. The molecule has 1 heterocycles. The highest BCUT2D eigenvalue weighted by Gasteiger charge is 2.13. The highest BCUT2D eigenvalue weighted by atomic mass is 79.9. The lowest BCUT2D eigenvalue weighted by atomic mass is 10.1. The van der Waals surface area contributed by atoms with Crippen molar-refractivity contribution in [3.8, 4) is 0 Å². The second kappa shape index (κ2) is 6.30. The van der Waals surface area contributed by atoms with Crippen LogP contribution in [0.1, 0.15) is 10.4 Å². The number of hydrogen-bond acceptors (Lipinski definition) is 2. The molecular weight excluding hydrogens is 329 g/mol. The van der Waals surface area contributed by atoms with Crippen molar-refractivity contribution in [2.24, 2.45) is 0 Å². The van der Waals surface area contributed by atoms with Crippen molar-refractivity contribution in [1.82, 2.24) is 4.90 Å². The Balaban J connectivity index is 1.98. The van der Waals surface area contributed by atoms with E-state index in [4.69, 9.17) is 0 Å². The molecule has 0 saturated carbocycles. The lowest BCUT2D eigenvalue weighted by Gasteiger charge is -2.16. The molecule has 0 radical (unpaired) electrons. The van der Waals surface area contributed by atoms with E-state index in [1.165, 1.54) is 6.07 Å². The highest BCUT2D eigenvalue weighted by molar-refractivity contribution is 9.10. The molecule has 19 heavy (non-hydrogen) atoms. The van der Waals surface area contributed by atoms with Crippen LogP contribution in [0.2, 0.25) is 0 Å². The van der Waals surface area contributed by atoms with E-state index < -0.39 is 0 Å². The fraction of sp³-hybridized carbons (Fsp3) is 0.214. The van der Waals surface area contributed by atoms with Gasteiger partial charge in [-0.2, -0.15) is 0 Å². The number of carbonyl (C=O) groups excluding carboxylic acids is 1. The average Bonchev–Trinajstić information content (AvgIpc) is 2.77. The zero-order valence-electron chi connectivity index (χ0n) is 10.4. The zero-order valence-corrected chi connectivity index (χ0v) is 12.8. The van der Waals surface area contributed by atoms with E-state index in [1.54, 1.807) is 41.5 Å². The standard InChI is InChI=1S/C14H13BrFNOS/c1-17(8-12-7-11(15)9-19-12)14(18)6-10-4-2-3-5-13(10)16/h2-5,7,9H,6,8H2,1H3. The second-order valence-corrected chi connectivity index (χ2v) is 6.16. The van der Waals surface area contributed by atoms with E-state index in [-0.39, 0.29) is 18.1 Å². The van der Waals surface area contributed by atoms with Gasteiger partial charge in [-0.05, 0) is 33.6 Å². The van der Waals surface area contributed by atoms with Gasteiger partial charge in [0.1, 0.15) is 5.82 Å². The first-order valence-electron chi connectivity index (χ1n) is 5.76. The van der Waals surface area contributed by atoms with Gasteiger partial charge >= 0.3 is 0 Å². The molecule has 0 spiro atoms. The van der Waals surface area contributed by atoms with Crippen LogP contribution >= 0.6 is 27.3 Å². The maximum atomic E-state index is 13.5. The molecule has 0 bridgehead atoms. The van der Waals surface area contributed by atoms with Crippen LogP contribution in [0.15, 0.2) is 40.2 Å². The summed E-state index contributed by atoms with van der Waals surface area (Å²) in [7, 11) is 1.73. The fourth-order valence-corrected chi connectivity index (χ4v) is 3.20. The van der Waals surface area contributed by atoms with E-state index in [0.717, 1.165) is 9.35 Å². The largest absolute Gasteiger partial charge is 0.340 e. The fourth-order valence-electron chi connectivity index (χ4n) is 1.70. The quantitative estimate of drug-likeness (QED) is 0.827. The van der Waals surface area contributed by atoms with Crippen molar-refractivity contribution in [2.45, 2.75) is 13.0 Å². The first kappa shape index (κ1) is 14.2. The maximum absolute atomic E-state index is 13.5. The van der Waals surface area contributed by atoms with Gasteiger partial charge < -0.3 is 4.90 Å². The summed E-state index contributed by atoms with van der Waals surface area (Å²) in [6, 6.07) is 8.36. The monoisotopic (exact) mass is 341 g/mol. The van der Waals surface area contributed by atoms with Crippen LogP contribution in [0.5, 0.6) is 0 Å². The molecule has 0 unspecified atom stereocenters. The Kier molecular flexibility index (Phi) is 4.71. The number of thiophene rings is 1. The number of amides is 1. The first-order chi connectivity index (χ1) is 9.06. The molecule has 0 aliphatic carbocycles. The topological polar surface area (TPSA) is 20.3 Å². The molecule has 0 fully saturated rings. The maximum Gasteiger partial charge on any atom is 0.227 e. The summed E-state index contributed by atoms with van der Waals surface area (Å²) in [6.45, 7) is 0.545. The number of nitrogens with zero attached hydrogens (tertiary/aromatic N) is 1. The van der Waals surface area contributed by atoms with E-state index >= 15 is 0 Å². The van der Waals surface area contributed by atoms with Gasteiger partial charge in [0.05, 0.1) is 13.0 Å². The summed E-state index contributed by atoms with van der Waals surface area (Å²) in [4.78, 5) is 14.7. The van der Waals surface area contributed by atoms with Crippen LogP contribution in [0.4, 0.5) is 4.39 Å². The summed E-state index contributed by atoms with van der Waals surface area (Å²) in [5, 5.41) is 1.98. The van der Waals surface area contributed by atoms with E-state index in [9.17, 15) is 9.18 Å². The molecule has 5 heteroatoms. The van der Waals surface area contributed by atoms with Gasteiger partial charge in [0.25, 0.3) is 0 Å². The van der Waals surface area contributed by atoms with Gasteiger partial charge in [0.15, 0.2) is 0 Å². The molecule has 100 valence electrons. The summed E-state index contributed by atoms with van der Waals surface area (Å²) in [6.07, 6.45) is 0.0930. The number of benzene rings is 1. The average molecular weight is 342 g/mol. The molecule has 0 aliphatic rings. The molecule has 1 amide bonds. The van der Waals surface area contributed by atoms with E-state index in [1.807, 2.05) is 11.4 Å². The van der Waals surface area contributed by atoms with Crippen LogP contribution in [0.3, 0.4) is 0 Å². The van der Waals surface area contributed by atoms with Crippen LogP contribution in [-0.2, 0) is 17.8 Å². The number of hydrogen-bond donors (Lipinski definition) is 0. The van der Waals surface area contributed by atoms with Crippen molar-refractivity contribution in [2.75, 3.05) is 7.05 Å². The van der Waals surface area contributed by atoms with Gasteiger partial charge in [-0.1, -0.05) is 18.2 Å². The molecule has 1 aromatic carbocycles. The third kappa shape index (κ3) is 3.88. The van der Waals surface area contributed by atoms with E-state index in [0.29, 0.717) is 12.1 Å². The zero-order chi connectivity index (χ0) is 13.8. The summed E-state index contributed by atoms with van der Waals surface area (Å²) in [5.41, 5.74) is 0.437. The van der Waals surface area contributed by atoms with Crippen molar-refractivity contribution in [3.63, 3.8) is 0 Å². The predicted molar refractivity (Wildman–Crippen MR) is 78.6 cm³/mol. The summed E-state index contributed by atoms with van der Waals surface area (Å²) < 4.78 is 14.5. The van der Waals surface area contributed by atoms with Crippen molar-refractivity contribution >= 4 is 33.2 Å². The predicted octanol–water partition coefficient (Wildman–Crippen LogP) is 3.85. The number of carbonyl (C=O) groups is 1. The lowest BCUT2D eigenvalue weighted by Crippen LogP contribution is -2.27. The van der Waals surface area contributed by atoms with Crippen LogP contribution in [-0.4, -0.2) is 17.9 Å². The molecule has 0 N–H and O–H groups in total. The van der Waals surface area contributed by atoms with Gasteiger partial charge in [-0.3, -0.25) is 4.79 Å². The first-order valence-corrected chi connectivity index (χ1v) is 7.44. The Hall–Kier alpha value is -1.20. The van der Waals surface area contributed by atoms with E-state index in [2.05, 4.69) is 15.9 Å². The molecule has 0 atom stereocenters. The van der Waals surface area contributed by atoms with Crippen molar-refractivity contribution < 1.29 is 9.18 Å². The Morgan fingerprint density at radius 2 is 2.16 bits per heavy atom. The second-order valence-electron chi connectivity index (χ2n) is 4.25. The van der Waals surface area contributed by atoms with Crippen molar-refractivity contribution in [1.29, 1.82) is 0 Å². The third-order valence-corrected chi connectivity index (χ3v) is 4.42. The SMILES string of the molecule is CN(Cc1cc(Br)cs1)C(=O)Cc1ccccc1F. The minimum absolute atomic E-state index is 0.0883. The summed E-state index contributed by atoms with van der Waals surface area (Å²) >= 11 is 4.97. The Morgan fingerprint density at radius 1 is 1.42 bits per heavy atom. The van der Waals surface area contributed by atoms with Gasteiger partial charge in [-0.25, -0.2) is 4.39 Å². The number of halogens is 2. The van der Waals surface area contributed by atoms with Gasteiger partial charge in [-0.15, -0.1) is 11.3 Å². The minimum Gasteiger partial charge on any atom is -0.340 e. The molecule has 1 aromatic heterocycles. The smallest absolute Gasteiger partial charge is 0.227 e. The molecule has 2 nitrogen and oxygen atoms in total. The number of rotatable bonds is 4. The van der Waals surface area contributed by atoms with Crippen LogP contribution < -0.4 is 0 Å². The molecule has 2 rings (SSSR count). The Labute approximate surface area is 124 Å². The van der Waals surface area contributed by atoms with Crippen molar-refractivity contribution in [3.05, 3.63) is 56.4 Å². The highest BCUT2D eigenvalue weighted by Crippen LogP contribution is 2.21. The molecule has 2 aromatic rings. The molecule has 0 saturated heterocycles. The van der Waals surface area contributed by atoms with Gasteiger partial charge in [0.2, 0.25) is 5.91 Å². The van der Waals surface area contributed by atoms with Gasteiger partial charge in [0, 0.05) is 21.8 Å². The minimum atomic E-state index is -0.330. The third-order valence-electron chi connectivity index (χ3n) is 2.74. The molecular formula is C14H13BrFNOS. The summed E-state index contributed by atoms with van der Waals surface area (Å²) in [5.74, 6) is -0.419. The van der Waals surface area contributed by atoms with Crippen LogP contribution in [0, 0.1) is 5.82 Å².